The summed E-state index contributed by atoms with van der Waals surface area (Å²) in [6, 6.07) is 10.6. The van der Waals surface area contributed by atoms with E-state index in [9.17, 15) is 8.78 Å². The number of nitrogens with zero attached hydrogens (tertiary/aromatic N) is 3. The van der Waals surface area contributed by atoms with Crippen molar-refractivity contribution in [2.45, 2.75) is 13.2 Å². The molecule has 5 nitrogen and oxygen atoms in total. The summed E-state index contributed by atoms with van der Waals surface area (Å²) >= 11 is 0. The van der Waals surface area contributed by atoms with E-state index >= 15 is 0 Å². The highest BCUT2D eigenvalue weighted by Gasteiger charge is 2.18. The first-order valence-electron chi connectivity index (χ1n) is 7.83. The van der Waals surface area contributed by atoms with Gasteiger partial charge in [0.15, 0.2) is 0 Å². The number of ether oxygens (including phenoxy) is 1. The van der Waals surface area contributed by atoms with Crippen LogP contribution in [-0.2, 0) is 6.54 Å². The van der Waals surface area contributed by atoms with E-state index in [-0.39, 0.29) is 5.75 Å². The SMILES string of the molecule is Nc1ccc(N2CCN(Cc3ccc(OC(F)F)cc3)CC2)nc1. The van der Waals surface area contributed by atoms with Crippen LogP contribution < -0.4 is 15.4 Å². The van der Waals surface area contributed by atoms with Gasteiger partial charge in [0.2, 0.25) is 0 Å². The lowest BCUT2D eigenvalue weighted by Gasteiger charge is -2.35. The Morgan fingerprint density at radius 2 is 1.75 bits per heavy atom. The molecule has 3 rings (SSSR count). The number of aromatic nitrogens is 1. The molecule has 128 valence electrons. The van der Waals surface area contributed by atoms with Crippen molar-refractivity contribution in [3.63, 3.8) is 0 Å². The Hall–Kier alpha value is -2.41. The van der Waals surface area contributed by atoms with Crippen molar-refractivity contribution >= 4 is 11.5 Å². The van der Waals surface area contributed by atoms with Gasteiger partial charge in [0, 0.05) is 32.7 Å². The van der Waals surface area contributed by atoms with Crippen molar-refractivity contribution in [3.05, 3.63) is 48.2 Å². The van der Waals surface area contributed by atoms with E-state index < -0.39 is 6.61 Å². The Morgan fingerprint density at radius 1 is 1.04 bits per heavy atom. The molecule has 0 bridgehead atoms. The first-order chi connectivity index (χ1) is 11.6. The number of anilines is 2. The topological polar surface area (TPSA) is 54.6 Å². The average Bonchev–Trinajstić information content (AvgIpc) is 2.58. The summed E-state index contributed by atoms with van der Waals surface area (Å²) in [6.07, 6.45) is 1.67. The third-order valence-electron chi connectivity index (χ3n) is 4.02. The fourth-order valence-corrected chi connectivity index (χ4v) is 2.75. The van der Waals surface area contributed by atoms with Crippen LogP contribution >= 0.6 is 0 Å². The zero-order valence-electron chi connectivity index (χ0n) is 13.2. The number of alkyl halides is 2. The predicted octanol–water partition coefficient (Wildman–Crippen LogP) is 2.59. The maximum Gasteiger partial charge on any atom is 0.387 e. The summed E-state index contributed by atoms with van der Waals surface area (Å²) in [5.41, 5.74) is 7.40. The molecule has 0 atom stereocenters. The fourth-order valence-electron chi connectivity index (χ4n) is 2.75. The van der Waals surface area contributed by atoms with Gasteiger partial charge in [-0.25, -0.2) is 4.98 Å². The Balaban J connectivity index is 1.51. The maximum atomic E-state index is 12.1. The van der Waals surface area contributed by atoms with Gasteiger partial charge in [-0.05, 0) is 29.8 Å². The van der Waals surface area contributed by atoms with E-state index in [0.717, 1.165) is 44.1 Å². The number of pyridine rings is 1. The molecule has 7 heteroatoms. The molecule has 0 spiro atoms. The lowest BCUT2D eigenvalue weighted by Crippen LogP contribution is -2.46. The van der Waals surface area contributed by atoms with E-state index in [1.54, 1.807) is 18.3 Å². The second kappa shape index (κ2) is 7.44. The number of benzene rings is 1. The van der Waals surface area contributed by atoms with Gasteiger partial charge < -0.3 is 15.4 Å². The number of nitrogens with two attached hydrogens (primary N) is 1. The molecule has 2 heterocycles. The minimum absolute atomic E-state index is 0.188. The number of hydrogen-bond donors (Lipinski definition) is 1. The van der Waals surface area contributed by atoms with Gasteiger partial charge in [0.05, 0.1) is 11.9 Å². The Bertz CT molecular complexity index is 641. The van der Waals surface area contributed by atoms with Crippen LogP contribution in [0.5, 0.6) is 5.75 Å². The minimum atomic E-state index is -2.79. The zero-order chi connectivity index (χ0) is 16.9. The number of halogens is 2. The standard InChI is InChI=1S/C17H20F2N4O/c18-17(19)24-15-4-1-13(2-5-15)12-22-7-9-23(10-8-22)16-6-3-14(20)11-21-16/h1-6,11,17H,7-10,12,20H2. The van der Waals surface area contributed by atoms with Crippen LogP contribution in [0.2, 0.25) is 0 Å². The summed E-state index contributed by atoms with van der Waals surface area (Å²) in [4.78, 5) is 8.91. The van der Waals surface area contributed by atoms with E-state index in [2.05, 4.69) is 19.5 Å². The van der Waals surface area contributed by atoms with Crippen molar-refractivity contribution in [3.8, 4) is 5.75 Å². The highest BCUT2D eigenvalue weighted by atomic mass is 19.3. The van der Waals surface area contributed by atoms with Crippen molar-refractivity contribution in [2.24, 2.45) is 0 Å². The molecule has 24 heavy (non-hydrogen) atoms. The van der Waals surface area contributed by atoms with Gasteiger partial charge in [0.25, 0.3) is 0 Å². The second-order valence-electron chi connectivity index (χ2n) is 5.74. The van der Waals surface area contributed by atoms with Gasteiger partial charge in [0.1, 0.15) is 11.6 Å². The molecule has 1 aliphatic heterocycles. The molecule has 1 aromatic heterocycles. The van der Waals surface area contributed by atoms with Gasteiger partial charge in [-0.3, -0.25) is 4.90 Å². The molecule has 0 aliphatic carbocycles. The normalized spacial score (nSPS) is 15.7. The lowest BCUT2D eigenvalue weighted by molar-refractivity contribution is -0.0498. The molecule has 0 amide bonds. The maximum absolute atomic E-state index is 12.1. The molecule has 0 radical (unpaired) electrons. The van der Waals surface area contributed by atoms with Crippen LogP contribution in [0.25, 0.3) is 0 Å². The van der Waals surface area contributed by atoms with Gasteiger partial charge in [-0.1, -0.05) is 12.1 Å². The fraction of sp³-hybridized carbons (Fsp3) is 0.353. The number of hydrogen-bond acceptors (Lipinski definition) is 5. The Morgan fingerprint density at radius 3 is 2.33 bits per heavy atom. The summed E-state index contributed by atoms with van der Waals surface area (Å²) < 4.78 is 28.7. The summed E-state index contributed by atoms with van der Waals surface area (Å²) in [5, 5.41) is 0. The molecular weight excluding hydrogens is 314 g/mol. The quantitative estimate of drug-likeness (QED) is 0.911. The van der Waals surface area contributed by atoms with E-state index in [1.165, 1.54) is 0 Å². The van der Waals surface area contributed by atoms with E-state index in [1.807, 2.05) is 24.3 Å². The van der Waals surface area contributed by atoms with Crippen LogP contribution in [0.4, 0.5) is 20.3 Å². The van der Waals surface area contributed by atoms with Crippen LogP contribution in [0.15, 0.2) is 42.6 Å². The smallest absolute Gasteiger partial charge is 0.387 e. The molecule has 0 saturated carbocycles. The summed E-state index contributed by atoms with van der Waals surface area (Å²) in [5.74, 6) is 1.13. The lowest BCUT2D eigenvalue weighted by atomic mass is 10.2. The van der Waals surface area contributed by atoms with Crippen LogP contribution in [-0.4, -0.2) is 42.7 Å². The first kappa shape index (κ1) is 16.4. The van der Waals surface area contributed by atoms with E-state index in [4.69, 9.17) is 5.73 Å². The van der Waals surface area contributed by atoms with Crippen molar-refractivity contribution < 1.29 is 13.5 Å². The molecule has 2 N–H and O–H groups in total. The van der Waals surface area contributed by atoms with Crippen molar-refractivity contribution in [2.75, 3.05) is 36.8 Å². The molecule has 1 fully saturated rings. The molecule has 2 aromatic rings. The molecular formula is C17H20F2N4O. The third kappa shape index (κ3) is 4.32. The van der Waals surface area contributed by atoms with Crippen LogP contribution in [0.3, 0.4) is 0 Å². The predicted molar refractivity (Wildman–Crippen MR) is 89.2 cm³/mol. The second-order valence-corrected chi connectivity index (χ2v) is 5.74. The molecule has 1 aromatic carbocycles. The van der Waals surface area contributed by atoms with Crippen molar-refractivity contribution in [1.82, 2.24) is 9.88 Å². The average molecular weight is 334 g/mol. The highest BCUT2D eigenvalue weighted by Crippen LogP contribution is 2.18. The van der Waals surface area contributed by atoms with Gasteiger partial charge >= 0.3 is 6.61 Å². The monoisotopic (exact) mass is 334 g/mol. The summed E-state index contributed by atoms with van der Waals surface area (Å²) in [7, 11) is 0. The van der Waals surface area contributed by atoms with E-state index in [0.29, 0.717) is 5.69 Å². The number of nitrogen functional groups attached to an aromatic ring is 1. The molecule has 0 unspecified atom stereocenters. The Labute approximate surface area is 139 Å². The van der Waals surface area contributed by atoms with Gasteiger partial charge in [-0.15, -0.1) is 0 Å². The van der Waals surface area contributed by atoms with Gasteiger partial charge in [-0.2, -0.15) is 8.78 Å². The largest absolute Gasteiger partial charge is 0.435 e. The van der Waals surface area contributed by atoms with Crippen LogP contribution in [0, 0.1) is 0 Å². The minimum Gasteiger partial charge on any atom is -0.435 e. The molecule has 1 aliphatic rings. The van der Waals surface area contributed by atoms with Crippen molar-refractivity contribution in [1.29, 1.82) is 0 Å². The van der Waals surface area contributed by atoms with Crippen LogP contribution in [0.1, 0.15) is 5.56 Å². The highest BCUT2D eigenvalue weighted by molar-refractivity contribution is 5.46. The number of rotatable bonds is 5. The first-order valence-corrected chi connectivity index (χ1v) is 7.83. The summed E-state index contributed by atoms with van der Waals surface area (Å²) in [6.45, 7) is 1.62. The Kier molecular flexibility index (Phi) is 5.10. The third-order valence-corrected chi connectivity index (χ3v) is 4.02. The number of piperazine rings is 1. The molecule has 1 saturated heterocycles. The zero-order valence-corrected chi connectivity index (χ0v) is 13.2.